The van der Waals surface area contributed by atoms with Gasteiger partial charge in [0.15, 0.2) is 0 Å². The molecule has 0 saturated heterocycles. The summed E-state index contributed by atoms with van der Waals surface area (Å²) in [7, 11) is 1.34. The number of carbonyl (C=O) groups is 2. The van der Waals surface area contributed by atoms with E-state index in [0.29, 0.717) is 17.9 Å². The Morgan fingerprint density at radius 1 is 0.964 bits per heavy atom. The summed E-state index contributed by atoms with van der Waals surface area (Å²) in [4.78, 5) is 23.6. The highest BCUT2D eigenvalue weighted by molar-refractivity contribution is 5.94. The van der Waals surface area contributed by atoms with Crippen molar-refractivity contribution in [2.24, 2.45) is 0 Å². The van der Waals surface area contributed by atoms with Gasteiger partial charge in [-0.15, -0.1) is 0 Å². The summed E-state index contributed by atoms with van der Waals surface area (Å²) in [5.74, 6) is 0.189. The number of benzene rings is 2. The van der Waals surface area contributed by atoms with Gasteiger partial charge in [-0.05, 0) is 42.8 Å². The standard InChI is InChI=1S/C22H28N2O4/c1-3-4-5-6-14-28-20-9-7-8-19(15-20)24-21(25)16-23-18-12-10-17(11-13-18)22(26)27-2/h7-13,15,23H,3-6,14,16H2,1-2H3,(H,24,25). The summed E-state index contributed by atoms with van der Waals surface area (Å²) in [6.07, 6.45) is 4.62. The predicted octanol–water partition coefficient (Wildman–Crippen LogP) is 4.48. The molecule has 0 spiro atoms. The minimum atomic E-state index is -0.392. The number of carbonyl (C=O) groups excluding carboxylic acids is 2. The highest BCUT2D eigenvalue weighted by atomic mass is 16.5. The molecule has 0 heterocycles. The Kier molecular flexibility index (Phi) is 8.85. The van der Waals surface area contributed by atoms with Crippen LogP contribution >= 0.6 is 0 Å². The Balaban J connectivity index is 1.78. The molecule has 0 radical (unpaired) electrons. The summed E-state index contributed by atoms with van der Waals surface area (Å²) < 4.78 is 10.4. The third-order valence-electron chi connectivity index (χ3n) is 4.14. The van der Waals surface area contributed by atoms with Gasteiger partial charge in [0, 0.05) is 17.4 Å². The number of amides is 1. The first kappa shape index (κ1) is 21.3. The molecule has 2 rings (SSSR count). The van der Waals surface area contributed by atoms with Crippen LogP contribution in [0.1, 0.15) is 43.0 Å². The lowest BCUT2D eigenvalue weighted by atomic mass is 10.2. The van der Waals surface area contributed by atoms with E-state index in [9.17, 15) is 9.59 Å². The molecule has 0 unspecified atom stereocenters. The predicted molar refractivity (Wildman–Crippen MR) is 111 cm³/mol. The number of methoxy groups -OCH3 is 1. The second kappa shape index (κ2) is 11.6. The van der Waals surface area contributed by atoms with Crippen molar-refractivity contribution in [3.8, 4) is 5.75 Å². The van der Waals surface area contributed by atoms with Crippen LogP contribution in [-0.2, 0) is 9.53 Å². The number of ether oxygens (including phenoxy) is 2. The maximum absolute atomic E-state index is 12.2. The number of esters is 1. The highest BCUT2D eigenvalue weighted by Crippen LogP contribution is 2.18. The molecule has 0 fully saturated rings. The maximum atomic E-state index is 12.2. The molecule has 0 aliphatic heterocycles. The summed E-state index contributed by atoms with van der Waals surface area (Å²) in [6, 6.07) is 14.1. The van der Waals surface area contributed by atoms with Crippen LogP contribution in [0.5, 0.6) is 5.75 Å². The van der Waals surface area contributed by atoms with Gasteiger partial charge in [0.2, 0.25) is 5.91 Å². The largest absolute Gasteiger partial charge is 0.494 e. The Morgan fingerprint density at radius 2 is 1.75 bits per heavy atom. The fourth-order valence-corrected chi connectivity index (χ4v) is 2.61. The topological polar surface area (TPSA) is 76.7 Å². The molecule has 0 bridgehead atoms. The lowest BCUT2D eigenvalue weighted by Crippen LogP contribution is -2.21. The van der Waals surface area contributed by atoms with Gasteiger partial charge in [-0.25, -0.2) is 4.79 Å². The average Bonchev–Trinajstić information content (AvgIpc) is 2.72. The number of hydrogen-bond donors (Lipinski definition) is 2. The number of hydrogen-bond acceptors (Lipinski definition) is 5. The number of rotatable bonds is 11. The average molecular weight is 384 g/mol. The van der Waals surface area contributed by atoms with Crippen LogP contribution in [0.3, 0.4) is 0 Å². The third kappa shape index (κ3) is 7.31. The van der Waals surface area contributed by atoms with Crippen molar-refractivity contribution in [3.05, 3.63) is 54.1 Å². The minimum Gasteiger partial charge on any atom is -0.494 e. The molecule has 6 nitrogen and oxygen atoms in total. The molecule has 6 heteroatoms. The van der Waals surface area contributed by atoms with Crippen LogP contribution in [0.4, 0.5) is 11.4 Å². The molecule has 0 aliphatic rings. The smallest absolute Gasteiger partial charge is 0.337 e. The van der Waals surface area contributed by atoms with E-state index >= 15 is 0 Å². The van der Waals surface area contributed by atoms with Gasteiger partial charge in [0.25, 0.3) is 0 Å². The minimum absolute atomic E-state index is 0.111. The molecule has 1 amide bonds. The first-order valence-corrected chi connectivity index (χ1v) is 9.57. The second-order valence-corrected chi connectivity index (χ2v) is 6.41. The molecule has 0 saturated carbocycles. The van der Waals surface area contributed by atoms with E-state index in [-0.39, 0.29) is 12.5 Å². The van der Waals surface area contributed by atoms with Crippen LogP contribution in [0, 0.1) is 0 Å². The lowest BCUT2D eigenvalue weighted by molar-refractivity contribution is -0.114. The quantitative estimate of drug-likeness (QED) is 0.441. The van der Waals surface area contributed by atoms with Crippen LogP contribution in [0.2, 0.25) is 0 Å². The summed E-state index contributed by atoms with van der Waals surface area (Å²) in [6.45, 7) is 2.97. The summed E-state index contributed by atoms with van der Waals surface area (Å²) >= 11 is 0. The number of anilines is 2. The molecule has 0 atom stereocenters. The molecular formula is C22H28N2O4. The van der Waals surface area contributed by atoms with Crippen molar-refractivity contribution in [1.29, 1.82) is 0 Å². The Labute approximate surface area is 166 Å². The van der Waals surface area contributed by atoms with E-state index in [2.05, 4.69) is 22.3 Å². The van der Waals surface area contributed by atoms with Crippen molar-refractivity contribution in [2.75, 3.05) is 30.9 Å². The number of unbranched alkanes of at least 4 members (excludes halogenated alkanes) is 3. The van der Waals surface area contributed by atoms with Crippen molar-refractivity contribution in [2.45, 2.75) is 32.6 Å². The van der Waals surface area contributed by atoms with E-state index in [4.69, 9.17) is 4.74 Å². The van der Waals surface area contributed by atoms with Gasteiger partial charge in [-0.1, -0.05) is 32.3 Å². The van der Waals surface area contributed by atoms with Gasteiger partial charge in [-0.3, -0.25) is 4.79 Å². The zero-order valence-electron chi connectivity index (χ0n) is 16.5. The molecule has 0 aliphatic carbocycles. The van der Waals surface area contributed by atoms with Gasteiger partial charge in [-0.2, -0.15) is 0 Å². The van der Waals surface area contributed by atoms with Crippen LogP contribution in [0.15, 0.2) is 48.5 Å². The van der Waals surface area contributed by atoms with Crippen molar-refractivity contribution in [1.82, 2.24) is 0 Å². The first-order valence-electron chi connectivity index (χ1n) is 9.57. The second-order valence-electron chi connectivity index (χ2n) is 6.41. The maximum Gasteiger partial charge on any atom is 0.337 e. The Bertz CT molecular complexity index is 759. The van der Waals surface area contributed by atoms with Crippen LogP contribution in [-0.4, -0.2) is 32.1 Å². The molecule has 2 aromatic carbocycles. The van der Waals surface area contributed by atoms with E-state index < -0.39 is 5.97 Å². The van der Waals surface area contributed by atoms with Gasteiger partial charge in [0.05, 0.1) is 25.8 Å². The van der Waals surface area contributed by atoms with Crippen molar-refractivity contribution < 1.29 is 19.1 Å². The Hall–Kier alpha value is -3.02. The fraction of sp³-hybridized carbons (Fsp3) is 0.364. The summed E-state index contributed by atoms with van der Waals surface area (Å²) in [5.41, 5.74) is 1.90. The number of nitrogens with one attached hydrogen (secondary N) is 2. The normalized spacial score (nSPS) is 10.2. The van der Waals surface area contributed by atoms with E-state index in [0.717, 1.165) is 17.9 Å². The highest BCUT2D eigenvalue weighted by Gasteiger charge is 2.06. The zero-order chi connectivity index (χ0) is 20.2. The first-order chi connectivity index (χ1) is 13.6. The SMILES string of the molecule is CCCCCCOc1cccc(NC(=O)CNc2ccc(C(=O)OC)cc2)c1. The van der Waals surface area contributed by atoms with E-state index in [1.165, 1.54) is 26.4 Å². The fourth-order valence-electron chi connectivity index (χ4n) is 2.61. The van der Waals surface area contributed by atoms with Crippen LogP contribution < -0.4 is 15.4 Å². The summed E-state index contributed by atoms with van der Waals surface area (Å²) in [5, 5.41) is 5.87. The van der Waals surface area contributed by atoms with Crippen molar-refractivity contribution >= 4 is 23.3 Å². The molecule has 0 aromatic heterocycles. The monoisotopic (exact) mass is 384 g/mol. The Morgan fingerprint density at radius 3 is 2.46 bits per heavy atom. The van der Waals surface area contributed by atoms with Crippen LogP contribution in [0.25, 0.3) is 0 Å². The molecule has 2 N–H and O–H groups in total. The van der Waals surface area contributed by atoms with Gasteiger partial charge < -0.3 is 20.1 Å². The molecule has 150 valence electrons. The van der Waals surface area contributed by atoms with Crippen molar-refractivity contribution in [3.63, 3.8) is 0 Å². The lowest BCUT2D eigenvalue weighted by Gasteiger charge is -2.10. The molecule has 2 aromatic rings. The zero-order valence-corrected chi connectivity index (χ0v) is 16.5. The van der Waals surface area contributed by atoms with Gasteiger partial charge in [0.1, 0.15) is 5.75 Å². The van der Waals surface area contributed by atoms with E-state index in [1.807, 2.05) is 24.3 Å². The molecule has 28 heavy (non-hydrogen) atoms. The van der Waals surface area contributed by atoms with E-state index in [1.54, 1.807) is 24.3 Å². The molecular weight excluding hydrogens is 356 g/mol. The van der Waals surface area contributed by atoms with Gasteiger partial charge >= 0.3 is 5.97 Å². The third-order valence-corrected chi connectivity index (χ3v) is 4.14.